The monoisotopic (exact) mass is 497 g/mol. The molecule has 0 spiro atoms. The van der Waals surface area contributed by atoms with Crippen LogP contribution in [-0.4, -0.2) is 70.2 Å². The fourth-order valence-corrected chi connectivity index (χ4v) is 7.04. The van der Waals surface area contributed by atoms with E-state index < -0.39 is 37.8 Å². The third-order valence-corrected chi connectivity index (χ3v) is 9.45. The van der Waals surface area contributed by atoms with Gasteiger partial charge < -0.3 is 10.1 Å². The average molecular weight is 498 g/mol. The molecule has 2 aliphatic rings. The highest BCUT2D eigenvalue weighted by atomic mass is 32.2. The number of halogens is 1. The van der Waals surface area contributed by atoms with Crippen molar-refractivity contribution in [2.75, 3.05) is 38.2 Å². The highest BCUT2D eigenvalue weighted by molar-refractivity contribution is 7.89. The zero-order valence-electron chi connectivity index (χ0n) is 17.7. The first-order valence-corrected chi connectivity index (χ1v) is 13.3. The van der Waals surface area contributed by atoms with Gasteiger partial charge in [0.1, 0.15) is 11.9 Å². The van der Waals surface area contributed by atoms with Gasteiger partial charge in [-0.05, 0) is 55.3 Å². The lowest BCUT2D eigenvalue weighted by molar-refractivity contribution is -0.119. The highest BCUT2D eigenvalue weighted by Gasteiger charge is 2.39. The molecular formula is C21H24FN3O6S2. The van der Waals surface area contributed by atoms with Gasteiger partial charge in [-0.15, -0.1) is 0 Å². The highest BCUT2D eigenvalue weighted by Crippen LogP contribution is 2.28. The van der Waals surface area contributed by atoms with E-state index >= 15 is 0 Å². The zero-order valence-corrected chi connectivity index (χ0v) is 19.3. The first-order chi connectivity index (χ1) is 15.7. The lowest BCUT2D eigenvalue weighted by Crippen LogP contribution is -2.43. The lowest BCUT2D eigenvalue weighted by Gasteiger charge is -2.26. The van der Waals surface area contributed by atoms with Crippen LogP contribution in [0.2, 0.25) is 0 Å². The third kappa shape index (κ3) is 4.94. The van der Waals surface area contributed by atoms with E-state index in [0.717, 1.165) is 28.6 Å². The number of nitrogens with one attached hydrogen (secondary N) is 1. The van der Waals surface area contributed by atoms with Crippen molar-refractivity contribution in [3.63, 3.8) is 0 Å². The third-order valence-electron chi connectivity index (χ3n) is 5.64. The Kier molecular flexibility index (Phi) is 6.82. The Bertz CT molecular complexity index is 1230. The van der Waals surface area contributed by atoms with Gasteiger partial charge in [-0.25, -0.2) is 21.2 Å². The first kappa shape index (κ1) is 23.8. The van der Waals surface area contributed by atoms with Gasteiger partial charge >= 0.3 is 0 Å². The van der Waals surface area contributed by atoms with Crippen LogP contribution in [0.5, 0.6) is 0 Å². The molecule has 1 unspecified atom stereocenters. The predicted molar refractivity (Wildman–Crippen MR) is 118 cm³/mol. The van der Waals surface area contributed by atoms with Crippen LogP contribution in [0.15, 0.2) is 58.3 Å². The van der Waals surface area contributed by atoms with Crippen LogP contribution >= 0.6 is 0 Å². The van der Waals surface area contributed by atoms with Gasteiger partial charge in [0.05, 0.1) is 23.0 Å². The number of morpholine rings is 1. The molecule has 0 bridgehead atoms. The number of sulfonamides is 2. The molecule has 0 radical (unpaired) electrons. The van der Waals surface area contributed by atoms with Crippen LogP contribution in [0.1, 0.15) is 12.8 Å². The molecule has 12 heteroatoms. The number of benzene rings is 2. The van der Waals surface area contributed by atoms with Crippen LogP contribution < -0.4 is 5.32 Å². The maximum atomic E-state index is 13.2. The molecule has 0 aromatic heterocycles. The Morgan fingerprint density at radius 2 is 1.64 bits per heavy atom. The van der Waals surface area contributed by atoms with Crippen LogP contribution in [0.25, 0.3) is 0 Å². The Labute approximate surface area is 192 Å². The fourth-order valence-electron chi connectivity index (χ4n) is 3.93. The quantitative estimate of drug-likeness (QED) is 0.649. The summed E-state index contributed by atoms with van der Waals surface area (Å²) >= 11 is 0. The minimum atomic E-state index is -4.00. The molecule has 1 amide bonds. The summed E-state index contributed by atoms with van der Waals surface area (Å²) in [5.41, 5.74) is 0.250. The molecule has 0 saturated carbocycles. The van der Waals surface area contributed by atoms with Crippen molar-refractivity contribution in [2.45, 2.75) is 28.7 Å². The number of amides is 1. The van der Waals surface area contributed by atoms with E-state index in [4.69, 9.17) is 4.74 Å². The molecule has 2 fully saturated rings. The van der Waals surface area contributed by atoms with Crippen molar-refractivity contribution in [1.82, 2.24) is 8.61 Å². The van der Waals surface area contributed by atoms with E-state index in [1.807, 2.05) is 0 Å². The summed E-state index contributed by atoms with van der Waals surface area (Å²) in [6.45, 7) is 1.28. The predicted octanol–water partition coefficient (Wildman–Crippen LogP) is 1.64. The normalized spacial score (nSPS) is 20.6. The van der Waals surface area contributed by atoms with Gasteiger partial charge in [-0.1, -0.05) is 6.07 Å². The van der Waals surface area contributed by atoms with Gasteiger partial charge in [0.15, 0.2) is 0 Å². The summed E-state index contributed by atoms with van der Waals surface area (Å²) < 4.78 is 72.6. The van der Waals surface area contributed by atoms with Crippen molar-refractivity contribution in [3.05, 3.63) is 54.3 Å². The van der Waals surface area contributed by atoms with Crippen molar-refractivity contribution in [3.8, 4) is 0 Å². The number of rotatable bonds is 6. The van der Waals surface area contributed by atoms with Gasteiger partial charge in [-0.2, -0.15) is 8.61 Å². The maximum absolute atomic E-state index is 13.2. The zero-order chi connectivity index (χ0) is 23.6. The minimum Gasteiger partial charge on any atom is -0.379 e. The molecule has 178 valence electrons. The van der Waals surface area contributed by atoms with Gasteiger partial charge in [0, 0.05) is 25.3 Å². The van der Waals surface area contributed by atoms with Gasteiger partial charge in [0.25, 0.3) is 0 Å². The van der Waals surface area contributed by atoms with Crippen molar-refractivity contribution in [1.29, 1.82) is 0 Å². The Morgan fingerprint density at radius 1 is 0.939 bits per heavy atom. The second-order valence-electron chi connectivity index (χ2n) is 7.76. The Balaban J connectivity index is 1.52. The SMILES string of the molecule is O=C(Nc1cccc(S(=O)(=O)N2CCOCC2)c1)C1CCCN1S(=O)(=O)c1ccc(F)cc1. The van der Waals surface area contributed by atoms with Crippen LogP contribution in [0.3, 0.4) is 0 Å². The summed E-state index contributed by atoms with van der Waals surface area (Å²) in [6, 6.07) is 9.35. The second-order valence-corrected chi connectivity index (χ2v) is 11.6. The van der Waals surface area contributed by atoms with E-state index in [-0.39, 0.29) is 35.1 Å². The molecular weight excluding hydrogens is 473 g/mol. The molecule has 9 nitrogen and oxygen atoms in total. The molecule has 1 atom stereocenters. The van der Waals surface area contributed by atoms with Crippen molar-refractivity contribution < 1.29 is 30.8 Å². The number of hydrogen-bond donors (Lipinski definition) is 1. The smallest absolute Gasteiger partial charge is 0.243 e. The van der Waals surface area contributed by atoms with Crippen molar-refractivity contribution in [2.24, 2.45) is 0 Å². The van der Waals surface area contributed by atoms with E-state index in [9.17, 15) is 26.0 Å². The van der Waals surface area contributed by atoms with Crippen molar-refractivity contribution >= 4 is 31.6 Å². The van der Waals surface area contributed by atoms with E-state index in [2.05, 4.69) is 5.32 Å². The molecule has 4 rings (SSSR count). The molecule has 2 aliphatic heterocycles. The number of ether oxygens (including phenoxy) is 1. The van der Waals surface area contributed by atoms with Crippen LogP contribution in [0, 0.1) is 5.82 Å². The van der Waals surface area contributed by atoms with Crippen LogP contribution in [-0.2, 0) is 29.6 Å². The number of nitrogens with zero attached hydrogens (tertiary/aromatic N) is 2. The van der Waals surface area contributed by atoms with E-state index in [1.165, 1.54) is 22.5 Å². The number of carbonyl (C=O) groups is 1. The summed E-state index contributed by atoms with van der Waals surface area (Å²) in [7, 11) is -7.74. The summed E-state index contributed by atoms with van der Waals surface area (Å²) in [5.74, 6) is -1.12. The molecule has 0 aliphatic carbocycles. The maximum Gasteiger partial charge on any atom is 0.243 e. The topological polar surface area (TPSA) is 113 Å². The van der Waals surface area contributed by atoms with Crippen LogP contribution in [0.4, 0.5) is 10.1 Å². The van der Waals surface area contributed by atoms with Gasteiger partial charge in [0.2, 0.25) is 26.0 Å². The van der Waals surface area contributed by atoms with Gasteiger partial charge in [-0.3, -0.25) is 4.79 Å². The molecule has 2 heterocycles. The standard InChI is InChI=1S/C21H24FN3O6S2/c22-16-6-8-18(9-7-16)33(29,30)25-10-2-5-20(25)21(26)23-17-3-1-4-19(15-17)32(27,28)24-11-13-31-14-12-24/h1,3-4,6-9,15,20H,2,5,10-14H2,(H,23,26). The molecule has 2 saturated heterocycles. The Morgan fingerprint density at radius 3 is 2.33 bits per heavy atom. The summed E-state index contributed by atoms with van der Waals surface area (Å²) in [5, 5.41) is 2.65. The Hall–Kier alpha value is -2.38. The number of carbonyl (C=O) groups excluding carboxylic acids is 1. The number of hydrogen-bond acceptors (Lipinski definition) is 6. The molecule has 2 aromatic rings. The first-order valence-electron chi connectivity index (χ1n) is 10.5. The average Bonchev–Trinajstić information content (AvgIpc) is 3.31. The molecule has 33 heavy (non-hydrogen) atoms. The second kappa shape index (κ2) is 9.47. The van der Waals surface area contributed by atoms with E-state index in [1.54, 1.807) is 6.07 Å². The number of anilines is 1. The minimum absolute atomic E-state index is 0.0319. The summed E-state index contributed by atoms with van der Waals surface area (Å²) in [6.07, 6.45) is 0.808. The molecule has 1 N–H and O–H groups in total. The molecule has 2 aromatic carbocycles. The summed E-state index contributed by atoms with van der Waals surface area (Å²) in [4.78, 5) is 12.9. The fraction of sp³-hybridized carbons (Fsp3) is 0.381. The largest absolute Gasteiger partial charge is 0.379 e. The van der Waals surface area contributed by atoms with E-state index in [0.29, 0.717) is 26.1 Å². The lowest BCUT2D eigenvalue weighted by atomic mass is 10.2.